The summed E-state index contributed by atoms with van der Waals surface area (Å²) in [6, 6.07) is 8.08. The molecule has 0 unspecified atom stereocenters. The molecule has 3 nitrogen and oxygen atoms in total. The van der Waals surface area contributed by atoms with Crippen LogP contribution in [-0.4, -0.2) is 31.3 Å². The van der Waals surface area contributed by atoms with Crippen LogP contribution in [0.4, 0.5) is 0 Å². The van der Waals surface area contributed by atoms with Gasteiger partial charge in [-0.15, -0.1) is 24.2 Å². The van der Waals surface area contributed by atoms with Crippen molar-refractivity contribution in [2.24, 2.45) is 0 Å². The van der Waals surface area contributed by atoms with E-state index in [4.69, 9.17) is 0 Å². The van der Waals surface area contributed by atoms with Gasteiger partial charge in [-0.2, -0.15) is 0 Å². The van der Waals surface area contributed by atoms with Crippen LogP contribution in [0, 0.1) is 0 Å². The van der Waals surface area contributed by atoms with E-state index in [1.54, 1.807) is 11.8 Å². The van der Waals surface area contributed by atoms with Crippen molar-refractivity contribution >= 4 is 30.1 Å². The summed E-state index contributed by atoms with van der Waals surface area (Å²) >= 11 is 1.61. The van der Waals surface area contributed by atoms with Gasteiger partial charge in [0.2, 0.25) is 0 Å². The van der Waals surface area contributed by atoms with Gasteiger partial charge in [0.15, 0.2) is 0 Å². The summed E-state index contributed by atoms with van der Waals surface area (Å²) in [6.45, 7) is 1.99. The fraction of sp³-hybridized carbons (Fsp3) is 0.462. The first kappa shape index (κ1) is 15.3. The van der Waals surface area contributed by atoms with Gasteiger partial charge in [0.1, 0.15) is 0 Å². The number of carbonyl (C=O) groups is 1. The fourth-order valence-electron chi connectivity index (χ4n) is 2.06. The zero-order valence-corrected chi connectivity index (χ0v) is 12.1. The minimum Gasteiger partial charge on any atom is -0.349 e. The highest BCUT2D eigenvalue weighted by Crippen LogP contribution is 2.20. The average Bonchev–Trinajstić information content (AvgIpc) is 2.40. The summed E-state index contributed by atoms with van der Waals surface area (Å²) in [5, 5.41) is 6.41. The Morgan fingerprint density at radius 3 is 2.67 bits per heavy atom. The van der Waals surface area contributed by atoms with E-state index >= 15 is 0 Å². The highest BCUT2D eigenvalue weighted by atomic mass is 35.5. The molecule has 1 aliphatic rings. The Morgan fingerprint density at radius 2 is 2.00 bits per heavy atom. The second-order valence-corrected chi connectivity index (χ2v) is 5.05. The van der Waals surface area contributed by atoms with Gasteiger partial charge < -0.3 is 10.6 Å². The highest BCUT2D eigenvalue weighted by Gasteiger charge is 2.17. The molecule has 18 heavy (non-hydrogen) atoms. The molecule has 1 saturated heterocycles. The van der Waals surface area contributed by atoms with Crippen LogP contribution in [0.15, 0.2) is 29.2 Å². The normalized spacial score (nSPS) is 15.8. The zero-order valence-electron chi connectivity index (χ0n) is 10.4. The summed E-state index contributed by atoms with van der Waals surface area (Å²) in [5.74, 6) is 0.0573. The van der Waals surface area contributed by atoms with Gasteiger partial charge in [-0.1, -0.05) is 12.1 Å². The molecule has 1 heterocycles. The monoisotopic (exact) mass is 286 g/mol. The second kappa shape index (κ2) is 7.67. The molecule has 1 amide bonds. The molecule has 0 atom stereocenters. The number of rotatable bonds is 3. The van der Waals surface area contributed by atoms with Crippen molar-refractivity contribution < 1.29 is 4.79 Å². The lowest BCUT2D eigenvalue weighted by atomic mass is 10.1. The Bertz CT molecular complexity index is 394. The summed E-state index contributed by atoms with van der Waals surface area (Å²) in [6.07, 6.45) is 4.04. The zero-order chi connectivity index (χ0) is 12.1. The smallest absolute Gasteiger partial charge is 0.252 e. The first-order valence-corrected chi connectivity index (χ1v) is 7.18. The number of benzene rings is 1. The van der Waals surface area contributed by atoms with Gasteiger partial charge in [-0.25, -0.2) is 0 Å². The molecule has 0 bridgehead atoms. The Labute approximate surface area is 119 Å². The first-order chi connectivity index (χ1) is 8.31. The third-order valence-corrected chi connectivity index (χ3v) is 3.82. The lowest BCUT2D eigenvalue weighted by molar-refractivity contribution is 0.0926. The van der Waals surface area contributed by atoms with Gasteiger partial charge in [0.25, 0.3) is 5.91 Å². The van der Waals surface area contributed by atoms with E-state index in [1.165, 1.54) is 0 Å². The standard InChI is InChI=1S/C13H18N2OS.ClH/c1-17-12-5-3-2-4-11(12)13(16)15-10-6-8-14-9-7-10;/h2-5,10,14H,6-9H2,1H3,(H,15,16);1H. The molecule has 0 radical (unpaired) electrons. The number of piperidine rings is 1. The van der Waals surface area contributed by atoms with Crippen LogP contribution >= 0.6 is 24.2 Å². The molecule has 5 heteroatoms. The number of amides is 1. The van der Waals surface area contributed by atoms with Crippen molar-refractivity contribution in [2.75, 3.05) is 19.3 Å². The second-order valence-electron chi connectivity index (χ2n) is 4.20. The Hall–Kier alpha value is -0.710. The number of thioether (sulfide) groups is 1. The Kier molecular flexibility index (Phi) is 6.54. The van der Waals surface area contributed by atoms with Crippen LogP contribution in [0.3, 0.4) is 0 Å². The molecule has 0 saturated carbocycles. The van der Waals surface area contributed by atoms with E-state index in [-0.39, 0.29) is 18.3 Å². The van der Waals surface area contributed by atoms with E-state index in [9.17, 15) is 4.79 Å². The van der Waals surface area contributed by atoms with Crippen molar-refractivity contribution in [3.63, 3.8) is 0 Å². The summed E-state index contributed by atoms with van der Waals surface area (Å²) in [5.41, 5.74) is 0.790. The van der Waals surface area contributed by atoms with Crippen molar-refractivity contribution in [3.8, 4) is 0 Å². The van der Waals surface area contributed by atoms with Gasteiger partial charge in [-0.05, 0) is 44.3 Å². The van der Waals surface area contributed by atoms with Crippen LogP contribution in [-0.2, 0) is 0 Å². The topological polar surface area (TPSA) is 41.1 Å². The van der Waals surface area contributed by atoms with Crippen molar-refractivity contribution in [1.29, 1.82) is 0 Å². The van der Waals surface area contributed by atoms with Crippen LogP contribution in [0.2, 0.25) is 0 Å². The van der Waals surface area contributed by atoms with E-state index in [1.807, 2.05) is 30.5 Å². The predicted molar refractivity (Wildman–Crippen MR) is 78.8 cm³/mol. The third kappa shape index (κ3) is 3.90. The number of hydrogen-bond acceptors (Lipinski definition) is 3. The quantitative estimate of drug-likeness (QED) is 0.838. The maximum atomic E-state index is 12.1. The van der Waals surface area contributed by atoms with Gasteiger partial charge in [0, 0.05) is 10.9 Å². The SMILES string of the molecule is CSc1ccccc1C(=O)NC1CCNCC1.Cl. The van der Waals surface area contributed by atoms with Crippen molar-refractivity contribution in [1.82, 2.24) is 10.6 Å². The van der Waals surface area contributed by atoms with Crippen LogP contribution in [0.1, 0.15) is 23.2 Å². The molecular formula is C13H19ClN2OS. The molecule has 1 fully saturated rings. The summed E-state index contributed by atoms with van der Waals surface area (Å²) in [4.78, 5) is 13.2. The number of halogens is 1. The lowest BCUT2D eigenvalue weighted by Gasteiger charge is -2.24. The van der Waals surface area contributed by atoms with Crippen LogP contribution in [0.5, 0.6) is 0 Å². The number of nitrogens with one attached hydrogen (secondary N) is 2. The van der Waals surface area contributed by atoms with Gasteiger partial charge in [0.05, 0.1) is 5.56 Å². The third-order valence-electron chi connectivity index (χ3n) is 3.03. The minimum atomic E-state index is 0. The first-order valence-electron chi connectivity index (χ1n) is 5.96. The summed E-state index contributed by atoms with van der Waals surface area (Å²) in [7, 11) is 0. The maximum Gasteiger partial charge on any atom is 0.252 e. The molecule has 1 aliphatic heterocycles. The molecule has 2 rings (SSSR count). The lowest BCUT2D eigenvalue weighted by Crippen LogP contribution is -2.42. The molecule has 1 aromatic carbocycles. The molecule has 2 N–H and O–H groups in total. The molecule has 100 valence electrons. The largest absolute Gasteiger partial charge is 0.349 e. The molecular weight excluding hydrogens is 268 g/mol. The van der Waals surface area contributed by atoms with Crippen molar-refractivity contribution in [2.45, 2.75) is 23.8 Å². The summed E-state index contributed by atoms with van der Waals surface area (Å²) < 4.78 is 0. The van der Waals surface area contributed by atoms with Crippen LogP contribution < -0.4 is 10.6 Å². The molecule has 0 spiro atoms. The predicted octanol–water partition coefficient (Wildman–Crippen LogP) is 2.31. The average molecular weight is 287 g/mol. The van der Waals surface area contributed by atoms with E-state index in [0.29, 0.717) is 6.04 Å². The van der Waals surface area contributed by atoms with E-state index < -0.39 is 0 Å². The Morgan fingerprint density at radius 1 is 1.33 bits per heavy atom. The van der Waals surface area contributed by atoms with E-state index in [2.05, 4.69) is 10.6 Å². The molecule has 0 aromatic heterocycles. The fourth-order valence-corrected chi connectivity index (χ4v) is 2.66. The molecule has 0 aliphatic carbocycles. The Balaban J connectivity index is 0.00000162. The number of carbonyl (C=O) groups excluding carboxylic acids is 1. The maximum absolute atomic E-state index is 12.1. The van der Waals surface area contributed by atoms with Crippen molar-refractivity contribution in [3.05, 3.63) is 29.8 Å². The van der Waals surface area contributed by atoms with Crippen LogP contribution in [0.25, 0.3) is 0 Å². The number of hydrogen-bond donors (Lipinski definition) is 2. The molecule has 1 aromatic rings. The highest BCUT2D eigenvalue weighted by molar-refractivity contribution is 7.98. The minimum absolute atomic E-state index is 0. The van der Waals surface area contributed by atoms with Gasteiger partial charge >= 0.3 is 0 Å². The van der Waals surface area contributed by atoms with Gasteiger partial charge in [-0.3, -0.25) is 4.79 Å². The van der Waals surface area contributed by atoms with E-state index in [0.717, 1.165) is 36.4 Å².